The van der Waals surface area contributed by atoms with Gasteiger partial charge in [-0.2, -0.15) is 4.98 Å². The second-order valence-corrected chi connectivity index (χ2v) is 5.02. The van der Waals surface area contributed by atoms with E-state index in [1.807, 2.05) is 18.2 Å². The third kappa shape index (κ3) is 2.13. The predicted octanol–water partition coefficient (Wildman–Crippen LogP) is 0.455. The summed E-state index contributed by atoms with van der Waals surface area (Å²) in [5.41, 5.74) is 5.90. The van der Waals surface area contributed by atoms with Crippen LogP contribution >= 0.6 is 11.3 Å². The van der Waals surface area contributed by atoms with Crippen LogP contribution in [-0.2, 0) is 4.79 Å². The first-order valence-electron chi connectivity index (χ1n) is 5.50. The molecule has 0 bridgehead atoms. The van der Waals surface area contributed by atoms with Gasteiger partial charge in [-0.3, -0.25) is 4.79 Å². The Hall–Kier alpha value is -2.47. The van der Waals surface area contributed by atoms with Crippen LogP contribution in [0.2, 0.25) is 0 Å². The number of benzene rings is 1. The zero-order chi connectivity index (χ0) is 13.4. The van der Waals surface area contributed by atoms with Crippen molar-refractivity contribution in [2.75, 3.05) is 5.73 Å². The number of nitrogens with two attached hydrogens (primary N) is 1. The van der Waals surface area contributed by atoms with E-state index in [1.165, 1.54) is 0 Å². The molecule has 0 fully saturated rings. The Morgan fingerprint density at radius 1 is 1.32 bits per heavy atom. The van der Waals surface area contributed by atoms with Crippen molar-refractivity contribution in [3.8, 4) is 5.88 Å². The Labute approximate surface area is 112 Å². The SMILES string of the molecule is Nc1nc(O)c(/C=C2\C=c3ccccc3=NC2=O)s1. The van der Waals surface area contributed by atoms with E-state index < -0.39 is 0 Å². The lowest BCUT2D eigenvalue weighted by Gasteiger charge is -2.02. The second-order valence-electron chi connectivity index (χ2n) is 3.96. The Balaban J connectivity index is 2.15. The molecule has 3 rings (SSSR count). The summed E-state index contributed by atoms with van der Waals surface area (Å²) in [6.45, 7) is 0. The van der Waals surface area contributed by atoms with E-state index in [9.17, 15) is 9.90 Å². The molecule has 0 unspecified atom stereocenters. The average Bonchev–Trinajstić information content (AvgIpc) is 2.69. The molecular formula is C13H9N3O2S. The molecule has 1 aliphatic heterocycles. The maximum absolute atomic E-state index is 11.9. The first-order chi connectivity index (χ1) is 9.13. The summed E-state index contributed by atoms with van der Waals surface area (Å²) < 4.78 is 0. The number of nitrogens with zero attached hydrogens (tertiary/aromatic N) is 2. The minimum atomic E-state index is -0.343. The van der Waals surface area contributed by atoms with Crippen LogP contribution in [0.4, 0.5) is 5.13 Å². The number of anilines is 1. The van der Waals surface area contributed by atoms with E-state index in [1.54, 1.807) is 18.2 Å². The van der Waals surface area contributed by atoms with Gasteiger partial charge in [-0.05, 0) is 18.2 Å². The monoisotopic (exact) mass is 271 g/mol. The standard InChI is InChI=1S/C13H9N3O2S/c14-13-16-12(18)10(19-13)6-8-5-7-3-1-2-4-9(7)15-11(8)17/h1-6,18H,(H2,14,16)/b8-6+. The normalized spacial score (nSPS) is 15.8. The highest BCUT2D eigenvalue weighted by atomic mass is 32.1. The number of para-hydroxylation sites is 1. The van der Waals surface area contributed by atoms with Gasteiger partial charge in [0.15, 0.2) is 5.13 Å². The number of carbonyl (C=O) groups is 1. The number of amides is 1. The van der Waals surface area contributed by atoms with Gasteiger partial charge < -0.3 is 10.8 Å². The molecule has 2 heterocycles. The van der Waals surface area contributed by atoms with Crippen molar-refractivity contribution in [1.82, 2.24) is 4.98 Å². The quantitative estimate of drug-likeness (QED) is 0.737. The van der Waals surface area contributed by atoms with Crippen LogP contribution in [0.3, 0.4) is 0 Å². The Morgan fingerprint density at radius 2 is 2.11 bits per heavy atom. The fourth-order valence-corrected chi connectivity index (χ4v) is 2.47. The molecule has 6 heteroatoms. The number of aromatic nitrogens is 1. The molecule has 0 saturated carbocycles. The van der Waals surface area contributed by atoms with Gasteiger partial charge in [0.1, 0.15) is 0 Å². The van der Waals surface area contributed by atoms with Crippen LogP contribution in [0.15, 0.2) is 34.8 Å². The molecule has 0 spiro atoms. The van der Waals surface area contributed by atoms with Crippen LogP contribution in [-0.4, -0.2) is 16.0 Å². The lowest BCUT2D eigenvalue weighted by atomic mass is 10.1. The summed E-state index contributed by atoms with van der Waals surface area (Å²) in [5, 5.41) is 11.3. The highest BCUT2D eigenvalue weighted by Crippen LogP contribution is 2.28. The van der Waals surface area contributed by atoms with Gasteiger partial charge in [-0.15, -0.1) is 0 Å². The topological polar surface area (TPSA) is 88.6 Å². The second kappa shape index (κ2) is 4.33. The van der Waals surface area contributed by atoms with Crippen LogP contribution in [0.25, 0.3) is 12.2 Å². The molecule has 94 valence electrons. The molecule has 19 heavy (non-hydrogen) atoms. The number of aromatic hydroxyl groups is 1. The molecule has 0 atom stereocenters. The van der Waals surface area contributed by atoms with Gasteiger partial charge in [0, 0.05) is 10.8 Å². The van der Waals surface area contributed by atoms with Crippen molar-refractivity contribution >= 4 is 34.5 Å². The number of hydrogen-bond acceptors (Lipinski definition) is 5. The fraction of sp³-hybridized carbons (Fsp3) is 0. The Morgan fingerprint density at radius 3 is 2.84 bits per heavy atom. The lowest BCUT2D eigenvalue weighted by Crippen LogP contribution is -2.29. The molecule has 0 aliphatic carbocycles. The van der Waals surface area contributed by atoms with Gasteiger partial charge in [-0.25, -0.2) is 4.99 Å². The summed E-state index contributed by atoms with van der Waals surface area (Å²) in [6.07, 6.45) is 3.28. The Bertz CT molecular complexity index is 821. The van der Waals surface area contributed by atoms with E-state index in [4.69, 9.17) is 5.73 Å². The number of fused-ring (bicyclic) bond motifs is 1. The molecule has 5 nitrogen and oxygen atoms in total. The minimum Gasteiger partial charge on any atom is -0.492 e. The zero-order valence-corrected chi connectivity index (χ0v) is 10.5. The third-order valence-corrected chi connectivity index (χ3v) is 3.48. The lowest BCUT2D eigenvalue weighted by molar-refractivity contribution is -0.114. The molecule has 1 amide bonds. The largest absolute Gasteiger partial charge is 0.492 e. The van der Waals surface area contributed by atoms with E-state index in [0.717, 1.165) is 16.6 Å². The fourth-order valence-electron chi connectivity index (χ4n) is 1.79. The number of rotatable bonds is 1. The van der Waals surface area contributed by atoms with Gasteiger partial charge in [0.05, 0.1) is 10.2 Å². The zero-order valence-electron chi connectivity index (χ0n) is 9.70. The van der Waals surface area contributed by atoms with Crippen LogP contribution in [0.1, 0.15) is 4.88 Å². The van der Waals surface area contributed by atoms with Gasteiger partial charge in [0.25, 0.3) is 5.91 Å². The summed E-state index contributed by atoms with van der Waals surface area (Å²) in [6, 6.07) is 7.36. The first kappa shape index (κ1) is 11.6. The summed E-state index contributed by atoms with van der Waals surface area (Å²) in [7, 11) is 0. The minimum absolute atomic E-state index is 0.171. The maximum Gasteiger partial charge on any atom is 0.277 e. The number of hydrogen-bond donors (Lipinski definition) is 2. The van der Waals surface area contributed by atoms with Crippen molar-refractivity contribution < 1.29 is 9.90 Å². The third-order valence-electron chi connectivity index (χ3n) is 2.65. The number of thiazole rings is 1. The molecule has 0 saturated heterocycles. The van der Waals surface area contributed by atoms with Gasteiger partial charge in [-0.1, -0.05) is 29.5 Å². The van der Waals surface area contributed by atoms with E-state index in [-0.39, 0.29) is 16.9 Å². The molecule has 1 aromatic heterocycles. The van der Waals surface area contributed by atoms with E-state index >= 15 is 0 Å². The molecular weight excluding hydrogens is 262 g/mol. The van der Waals surface area contributed by atoms with E-state index in [2.05, 4.69) is 9.98 Å². The first-order valence-corrected chi connectivity index (χ1v) is 6.32. The highest BCUT2D eigenvalue weighted by Gasteiger charge is 2.13. The van der Waals surface area contributed by atoms with E-state index in [0.29, 0.717) is 15.8 Å². The van der Waals surface area contributed by atoms with Crippen LogP contribution in [0.5, 0.6) is 5.88 Å². The van der Waals surface area contributed by atoms with Crippen LogP contribution < -0.4 is 16.3 Å². The van der Waals surface area contributed by atoms with Crippen molar-refractivity contribution in [3.05, 3.63) is 45.3 Å². The number of nitrogen functional groups attached to an aromatic ring is 1. The summed E-state index contributed by atoms with van der Waals surface area (Å²) in [4.78, 5) is 20.0. The average molecular weight is 271 g/mol. The van der Waals surface area contributed by atoms with Crippen molar-refractivity contribution in [2.45, 2.75) is 0 Å². The van der Waals surface area contributed by atoms with Crippen molar-refractivity contribution in [3.63, 3.8) is 0 Å². The van der Waals surface area contributed by atoms with Crippen LogP contribution in [0, 0.1) is 0 Å². The smallest absolute Gasteiger partial charge is 0.277 e. The van der Waals surface area contributed by atoms with Crippen molar-refractivity contribution in [1.29, 1.82) is 0 Å². The highest BCUT2D eigenvalue weighted by molar-refractivity contribution is 7.16. The molecule has 1 aromatic carbocycles. The number of carbonyl (C=O) groups excluding carboxylic acids is 1. The molecule has 0 radical (unpaired) electrons. The maximum atomic E-state index is 11.9. The predicted molar refractivity (Wildman–Crippen MR) is 72.9 cm³/mol. The van der Waals surface area contributed by atoms with Crippen molar-refractivity contribution in [2.24, 2.45) is 4.99 Å². The van der Waals surface area contributed by atoms with Gasteiger partial charge >= 0.3 is 0 Å². The summed E-state index contributed by atoms with van der Waals surface area (Å²) >= 11 is 1.12. The molecule has 3 N–H and O–H groups in total. The summed E-state index contributed by atoms with van der Waals surface area (Å²) in [5.74, 6) is -0.514. The molecule has 1 aliphatic rings. The Kier molecular flexibility index (Phi) is 2.64. The van der Waals surface area contributed by atoms with Gasteiger partial charge in [0.2, 0.25) is 5.88 Å². The molecule has 2 aromatic rings.